The van der Waals surface area contributed by atoms with Gasteiger partial charge in [-0.2, -0.15) is 10.2 Å². The Labute approximate surface area is 151 Å². The lowest BCUT2D eigenvalue weighted by Gasteiger charge is -2.14. The zero-order valence-electron chi connectivity index (χ0n) is 15.6. The lowest BCUT2D eigenvalue weighted by atomic mass is 9.92. The lowest BCUT2D eigenvalue weighted by Crippen LogP contribution is -2.29. The average Bonchev–Trinajstić information content (AvgIpc) is 3.03. The van der Waals surface area contributed by atoms with Gasteiger partial charge in [0, 0.05) is 22.6 Å². The zero-order chi connectivity index (χ0) is 19.1. The number of fused-ring (bicyclic) bond motifs is 1. The number of rotatable bonds is 3. The summed E-state index contributed by atoms with van der Waals surface area (Å²) in [6, 6.07) is 8.65. The van der Waals surface area contributed by atoms with Crippen LogP contribution in [0.2, 0.25) is 0 Å². The third kappa shape index (κ3) is 3.24. The number of hydrogen-bond donors (Lipinski definition) is 2. The van der Waals surface area contributed by atoms with Crippen LogP contribution in [0.15, 0.2) is 35.1 Å². The summed E-state index contributed by atoms with van der Waals surface area (Å²) in [5.74, 6) is 0.0238. The molecular formula is C19H23N5O2. The number of carbonyl (C=O) groups is 1. The number of carbonyl (C=O) groups excluding carboxylic acids is 1. The molecule has 0 aliphatic carbocycles. The first-order chi connectivity index (χ1) is 12.2. The van der Waals surface area contributed by atoms with Crippen LogP contribution < -0.4 is 10.9 Å². The van der Waals surface area contributed by atoms with Gasteiger partial charge < -0.3 is 5.32 Å². The second-order valence-electron chi connectivity index (χ2n) is 7.61. The molecule has 3 aromatic rings. The number of aromatic amines is 1. The molecule has 0 fully saturated rings. The zero-order valence-corrected chi connectivity index (χ0v) is 15.6. The van der Waals surface area contributed by atoms with Crippen molar-refractivity contribution in [1.82, 2.24) is 20.0 Å². The molecule has 2 aromatic heterocycles. The fourth-order valence-electron chi connectivity index (χ4n) is 2.67. The monoisotopic (exact) mass is 353 g/mol. The summed E-state index contributed by atoms with van der Waals surface area (Å²) in [5, 5.41) is 15.2. The van der Waals surface area contributed by atoms with E-state index in [1.54, 1.807) is 30.3 Å². The van der Waals surface area contributed by atoms with E-state index in [0.717, 1.165) is 5.69 Å². The number of anilines is 1. The van der Waals surface area contributed by atoms with Crippen LogP contribution in [-0.2, 0) is 5.41 Å². The fraction of sp³-hybridized carbons (Fsp3) is 0.368. The molecule has 0 saturated carbocycles. The highest BCUT2D eigenvalue weighted by atomic mass is 16.2. The van der Waals surface area contributed by atoms with E-state index in [4.69, 9.17) is 0 Å². The minimum Gasteiger partial charge on any atom is -0.304 e. The van der Waals surface area contributed by atoms with E-state index in [1.807, 2.05) is 13.8 Å². The Morgan fingerprint density at radius 1 is 1.19 bits per heavy atom. The van der Waals surface area contributed by atoms with E-state index >= 15 is 0 Å². The number of aromatic nitrogens is 4. The van der Waals surface area contributed by atoms with Gasteiger partial charge in [0.1, 0.15) is 0 Å². The topological polar surface area (TPSA) is 92.7 Å². The number of amides is 1. The van der Waals surface area contributed by atoms with Gasteiger partial charge in [0.05, 0.1) is 11.4 Å². The van der Waals surface area contributed by atoms with E-state index in [9.17, 15) is 9.59 Å². The van der Waals surface area contributed by atoms with Crippen molar-refractivity contribution in [2.75, 3.05) is 5.32 Å². The van der Waals surface area contributed by atoms with Gasteiger partial charge in [0.25, 0.3) is 11.5 Å². The average molecular weight is 353 g/mol. The van der Waals surface area contributed by atoms with Crippen LogP contribution in [0.25, 0.3) is 10.8 Å². The summed E-state index contributed by atoms with van der Waals surface area (Å²) < 4.78 is 1.34. The molecule has 1 aromatic carbocycles. The quantitative estimate of drug-likeness (QED) is 0.756. The van der Waals surface area contributed by atoms with Crippen molar-refractivity contribution in [3.05, 3.63) is 52.1 Å². The van der Waals surface area contributed by atoms with Crippen molar-refractivity contribution < 1.29 is 4.79 Å². The summed E-state index contributed by atoms with van der Waals surface area (Å²) in [7, 11) is 0. The molecule has 0 atom stereocenters. The van der Waals surface area contributed by atoms with Crippen molar-refractivity contribution in [2.24, 2.45) is 0 Å². The van der Waals surface area contributed by atoms with Gasteiger partial charge in [-0.3, -0.25) is 14.7 Å². The molecule has 26 heavy (non-hydrogen) atoms. The Morgan fingerprint density at radius 2 is 1.85 bits per heavy atom. The molecule has 0 radical (unpaired) electrons. The lowest BCUT2D eigenvalue weighted by molar-refractivity contribution is 0.102. The van der Waals surface area contributed by atoms with Crippen LogP contribution in [0.3, 0.4) is 0 Å². The molecule has 0 aliphatic rings. The van der Waals surface area contributed by atoms with Crippen LogP contribution in [0.5, 0.6) is 0 Å². The molecule has 7 nitrogen and oxygen atoms in total. The third-order valence-corrected chi connectivity index (χ3v) is 4.16. The highest BCUT2D eigenvalue weighted by Gasteiger charge is 2.21. The van der Waals surface area contributed by atoms with Gasteiger partial charge in [0.2, 0.25) is 0 Å². The highest BCUT2D eigenvalue weighted by Crippen LogP contribution is 2.22. The molecule has 0 aliphatic heterocycles. The number of nitrogens with one attached hydrogen (secondary N) is 2. The SMILES string of the molecule is CC(C)n1nc(C(=O)Nc2cc(C(C)(C)C)[nH]n2)c2ccccc2c1=O. The van der Waals surface area contributed by atoms with E-state index in [1.165, 1.54) is 4.68 Å². The van der Waals surface area contributed by atoms with Gasteiger partial charge in [0.15, 0.2) is 11.5 Å². The summed E-state index contributed by atoms with van der Waals surface area (Å²) >= 11 is 0. The summed E-state index contributed by atoms with van der Waals surface area (Å²) in [4.78, 5) is 25.4. The maximum absolute atomic E-state index is 12.8. The Hall–Kier alpha value is -2.96. The minimum atomic E-state index is -0.400. The molecule has 136 valence electrons. The molecule has 1 amide bonds. The minimum absolute atomic E-state index is 0.105. The molecule has 2 heterocycles. The summed E-state index contributed by atoms with van der Waals surface area (Å²) in [6.45, 7) is 9.88. The largest absolute Gasteiger partial charge is 0.304 e. The van der Waals surface area contributed by atoms with Crippen molar-refractivity contribution in [3.63, 3.8) is 0 Å². The van der Waals surface area contributed by atoms with E-state index < -0.39 is 5.91 Å². The first kappa shape index (κ1) is 17.8. The van der Waals surface area contributed by atoms with Crippen molar-refractivity contribution in [1.29, 1.82) is 0 Å². The molecule has 7 heteroatoms. The number of hydrogen-bond acceptors (Lipinski definition) is 4. The predicted molar refractivity (Wildman–Crippen MR) is 102 cm³/mol. The number of H-pyrrole nitrogens is 1. The Morgan fingerprint density at radius 3 is 2.42 bits per heavy atom. The second-order valence-corrected chi connectivity index (χ2v) is 7.61. The molecule has 3 rings (SSSR count). The molecule has 0 unspecified atom stereocenters. The maximum atomic E-state index is 12.8. The molecule has 0 bridgehead atoms. The molecule has 2 N–H and O–H groups in total. The summed E-state index contributed by atoms with van der Waals surface area (Å²) in [6.07, 6.45) is 0. The number of nitrogens with zero attached hydrogens (tertiary/aromatic N) is 3. The van der Waals surface area contributed by atoms with Crippen molar-refractivity contribution in [3.8, 4) is 0 Å². The third-order valence-electron chi connectivity index (χ3n) is 4.16. The van der Waals surface area contributed by atoms with E-state index in [2.05, 4.69) is 41.4 Å². The van der Waals surface area contributed by atoms with Gasteiger partial charge in [-0.1, -0.05) is 39.0 Å². The standard InChI is InChI=1S/C19H23N5O2/c1-11(2)24-18(26)13-9-7-6-8-12(13)16(23-24)17(25)20-15-10-14(21-22-15)19(3,4)5/h6-11H,1-5H3,(H2,20,21,22,25). The van der Waals surface area contributed by atoms with Gasteiger partial charge in [-0.15, -0.1) is 0 Å². The van der Waals surface area contributed by atoms with Crippen LogP contribution in [0.4, 0.5) is 5.82 Å². The fourth-order valence-corrected chi connectivity index (χ4v) is 2.67. The predicted octanol–water partition coefficient (Wildman–Crippen LogP) is 3.25. The Bertz CT molecular complexity index is 1020. The maximum Gasteiger partial charge on any atom is 0.277 e. The molecular weight excluding hydrogens is 330 g/mol. The van der Waals surface area contributed by atoms with Crippen LogP contribution in [-0.4, -0.2) is 25.9 Å². The van der Waals surface area contributed by atoms with Crippen LogP contribution in [0, 0.1) is 0 Å². The van der Waals surface area contributed by atoms with Crippen LogP contribution in [0.1, 0.15) is 56.8 Å². The normalized spacial score (nSPS) is 11.9. The smallest absolute Gasteiger partial charge is 0.277 e. The Balaban J connectivity index is 2.04. The Kier molecular flexibility index (Phi) is 4.39. The highest BCUT2D eigenvalue weighted by molar-refractivity contribution is 6.10. The van der Waals surface area contributed by atoms with Crippen LogP contribution >= 0.6 is 0 Å². The van der Waals surface area contributed by atoms with Gasteiger partial charge in [-0.05, 0) is 19.9 Å². The van der Waals surface area contributed by atoms with Gasteiger partial charge in [-0.25, -0.2) is 4.68 Å². The van der Waals surface area contributed by atoms with E-state index in [0.29, 0.717) is 16.6 Å². The summed E-state index contributed by atoms with van der Waals surface area (Å²) in [5.41, 5.74) is 0.806. The van der Waals surface area contributed by atoms with Crippen molar-refractivity contribution in [2.45, 2.75) is 46.1 Å². The molecule has 0 saturated heterocycles. The second kappa shape index (κ2) is 6.40. The first-order valence-electron chi connectivity index (χ1n) is 8.57. The number of benzene rings is 1. The molecule has 0 spiro atoms. The van der Waals surface area contributed by atoms with Gasteiger partial charge >= 0.3 is 0 Å². The van der Waals surface area contributed by atoms with E-state index in [-0.39, 0.29) is 22.7 Å². The first-order valence-corrected chi connectivity index (χ1v) is 8.57. The van der Waals surface area contributed by atoms with Crippen molar-refractivity contribution >= 4 is 22.5 Å².